The molecule has 0 saturated heterocycles. The molecule has 2 rings (SSSR count). The lowest BCUT2D eigenvalue weighted by molar-refractivity contribution is 0.662. The quantitative estimate of drug-likeness (QED) is 0.685. The number of aryl methyl sites for hydroxylation is 1. The lowest BCUT2D eigenvalue weighted by Crippen LogP contribution is -2.14. The van der Waals surface area contributed by atoms with Gasteiger partial charge in [-0.25, -0.2) is 0 Å². The maximum absolute atomic E-state index is 4.26. The lowest BCUT2D eigenvalue weighted by atomic mass is 9.82. The zero-order chi connectivity index (χ0) is 12.6. The van der Waals surface area contributed by atoms with Gasteiger partial charge in [0.2, 0.25) is 0 Å². The number of allylic oxidation sites excluding steroid dienone is 4. The summed E-state index contributed by atoms with van der Waals surface area (Å²) in [5.74, 6) is 0. The van der Waals surface area contributed by atoms with Crippen LogP contribution in [0.5, 0.6) is 0 Å². The molecule has 0 spiro atoms. The Morgan fingerprint density at radius 1 is 1.29 bits per heavy atom. The molecule has 0 aliphatic heterocycles. The molecule has 0 amide bonds. The molecule has 0 aromatic heterocycles. The molecule has 0 bridgehead atoms. The first-order valence-corrected chi connectivity index (χ1v) is 6.18. The van der Waals surface area contributed by atoms with E-state index in [0.717, 1.165) is 6.42 Å². The number of benzene rings is 1. The van der Waals surface area contributed by atoms with Crippen molar-refractivity contribution < 1.29 is 0 Å². The fourth-order valence-corrected chi connectivity index (χ4v) is 2.53. The van der Waals surface area contributed by atoms with Crippen LogP contribution in [0.1, 0.15) is 37.5 Å². The highest BCUT2D eigenvalue weighted by molar-refractivity contribution is 5.89. The monoisotopic (exact) mass is 224 g/mol. The van der Waals surface area contributed by atoms with Gasteiger partial charge >= 0.3 is 0 Å². The van der Waals surface area contributed by atoms with Crippen LogP contribution in [0.15, 0.2) is 49.1 Å². The van der Waals surface area contributed by atoms with Crippen molar-refractivity contribution in [3.8, 4) is 0 Å². The van der Waals surface area contributed by atoms with E-state index < -0.39 is 0 Å². The number of rotatable bonds is 2. The largest absolute Gasteiger partial charge is 0.0990 e. The lowest BCUT2D eigenvalue weighted by Gasteiger charge is -2.21. The Morgan fingerprint density at radius 2 is 2.00 bits per heavy atom. The standard InChI is InChI=1S/C17H20/c1-6-8-14-12(3)17(4,5)16-11-13(7-2)9-10-15(14)16/h6,8-11H,1,3,7H2,2,4-5H3/b14-8+. The third kappa shape index (κ3) is 1.68. The Balaban J connectivity index is 2.69. The van der Waals surface area contributed by atoms with Crippen molar-refractivity contribution in [2.24, 2.45) is 0 Å². The molecule has 17 heavy (non-hydrogen) atoms. The fourth-order valence-electron chi connectivity index (χ4n) is 2.53. The van der Waals surface area contributed by atoms with Gasteiger partial charge in [-0.1, -0.05) is 64.3 Å². The molecule has 0 heteroatoms. The van der Waals surface area contributed by atoms with E-state index in [1.54, 1.807) is 0 Å². The van der Waals surface area contributed by atoms with Gasteiger partial charge in [-0.15, -0.1) is 0 Å². The maximum atomic E-state index is 4.26. The first-order chi connectivity index (χ1) is 8.02. The van der Waals surface area contributed by atoms with Crippen LogP contribution in [0.3, 0.4) is 0 Å². The van der Waals surface area contributed by atoms with E-state index in [9.17, 15) is 0 Å². The van der Waals surface area contributed by atoms with Gasteiger partial charge < -0.3 is 0 Å². The Morgan fingerprint density at radius 3 is 2.59 bits per heavy atom. The average molecular weight is 224 g/mol. The van der Waals surface area contributed by atoms with Crippen molar-refractivity contribution in [3.63, 3.8) is 0 Å². The number of hydrogen-bond donors (Lipinski definition) is 0. The second-order valence-electron chi connectivity index (χ2n) is 5.15. The van der Waals surface area contributed by atoms with Crippen LogP contribution in [-0.4, -0.2) is 0 Å². The highest BCUT2D eigenvalue weighted by Crippen LogP contribution is 2.48. The minimum atomic E-state index is 0.0371. The third-order valence-electron chi connectivity index (χ3n) is 3.82. The van der Waals surface area contributed by atoms with Gasteiger partial charge in [-0.2, -0.15) is 0 Å². The van der Waals surface area contributed by atoms with Gasteiger partial charge in [0, 0.05) is 5.41 Å². The summed E-state index contributed by atoms with van der Waals surface area (Å²) in [5, 5.41) is 0. The average Bonchev–Trinajstić information content (AvgIpc) is 2.51. The highest BCUT2D eigenvalue weighted by atomic mass is 14.4. The molecule has 1 aliphatic carbocycles. The van der Waals surface area contributed by atoms with Crippen LogP contribution in [0.4, 0.5) is 0 Å². The van der Waals surface area contributed by atoms with Crippen LogP contribution in [0.25, 0.3) is 5.57 Å². The van der Waals surface area contributed by atoms with Gasteiger partial charge in [-0.05, 0) is 34.3 Å². The summed E-state index contributed by atoms with van der Waals surface area (Å²) >= 11 is 0. The molecular formula is C17H20. The predicted octanol–water partition coefficient (Wildman–Crippen LogP) is 4.67. The van der Waals surface area contributed by atoms with Crippen LogP contribution in [0.2, 0.25) is 0 Å². The molecule has 1 aromatic carbocycles. The number of hydrogen-bond acceptors (Lipinski definition) is 0. The van der Waals surface area contributed by atoms with Crippen molar-refractivity contribution in [1.82, 2.24) is 0 Å². The van der Waals surface area contributed by atoms with Gasteiger partial charge in [0.25, 0.3) is 0 Å². The molecule has 0 radical (unpaired) electrons. The second kappa shape index (κ2) is 4.03. The van der Waals surface area contributed by atoms with E-state index in [4.69, 9.17) is 0 Å². The second-order valence-corrected chi connectivity index (χ2v) is 5.15. The van der Waals surface area contributed by atoms with E-state index in [-0.39, 0.29) is 5.41 Å². The maximum Gasteiger partial charge on any atom is 0.0153 e. The molecule has 0 fully saturated rings. The molecule has 88 valence electrons. The Hall–Kier alpha value is -1.56. The van der Waals surface area contributed by atoms with Gasteiger partial charge in [0.1, 0.15) is 0 Å². The summed E-state index contributed by atoms with van der Waals surface area (Å²) in [6, 6.07) is 6.76. The molecule has 0 unspecified atom stereocenters. The Kier molecular flexibility index (Phi) is 2.82. The zero-order valence-electron chi connectivity index (χ0n) is 11.0. The molecule has 0 atom stereocenters. The molecule has 0 N–H and O–H groups in total. The molecule has 1 aromatic rings. The van der Waals surface area contributed by atoms with Gasteiger partial charge in [0.15, 0.2) is 0 Å². The van der Waals surface area contributed by atoms with Gasteiger partial charge in [0.05, 0.1) is 0 Å². The van der Waals surface area contributed by atoms with Gasteiger partial charge in [-0.3, -0.25) is 0 Å². The van der Waals surface area contributed by atoms with Crippen molar-refractivity contribution in [3.05, 3.63) is 65.8 Å². The fraction of sp³-hybridized carbons (Fsp3) is 0.294. The number of fused-ring (bicyclic) bond motifs is 1. The topological polar surface area (TPSA) is 0 Å². The molecule has 1 aliphatic rings. The summed E-state index contributed by atoms with van der Waals surface area (Å²) in [6.07, 6.45) is 5.00. The van der Waals surface area contributed by atoms with Crippen molar-refractivity contribution in [1.29, 1.82) is 0 Å². The van der Waals surface area contributed by atoms with Crippen LogP contribution < -0.4 is 0 Å². The predicted molar refractivity (Wildman–Crippen MR) is 76.2 cm³/mol. The third-order valence-corrected chi connectivity index (χ3v) is 3.82. The molecular weight excluding hydrogens is 204 g/mol. The smallest absolute Gasteiger partial charge is 0.0153 e. The Labute approximate surface area is 104 Å². The first-order valence-electron chi connectivity index (χ1n) is 6.18. The molecule has 0 nitrogen and oxygen atoms in total. The van der Waals surface area contributed by atoms with E-state index in [0.29, 0.717) is 0 Å². The Bertz CT molecular complexity index is 513. The molecule has 0 heterocycles. The van der Waals surface area contributed by atoms with Crippen molar-refractivity contribution in [2.75, 3.05) is 0 Å². The van der Waals surface area contributed by atoms with Crippen LogP contribution in [0, 0.1) is 0 Å². The van der Waals surface area contributed by atoms with E-state index in [2.05, 4.69) is 58.2 Å². The summed E-state index contributed by atoms with van der Waals surface area (Å²) in [4.78, 5) is 0. The summed E-state index contributed by atoms with van der Waals surface area (Å²) in [6.45, 7) is 14.7. The van der Waals surface area contributed by atoms with Crippen molar-refractivity contribution in [2.45, 2.75) is 32.6 Å². The van der Waals surface area contributed by atoms with Crippen LogP contribution in [-0.2, 0) is 11.8 Å². The zero-order valence-corrected chi connectivity index (χ0v) is 11.0. The highest BCUT2D eigenvalue weighted by Gasteiger charge is 2.36. The van der Waals surface area contributed by atoms with E-state index in [1.165, 1.54) is 27.8 Å². The van der Waals surface area contributed by atoms with Crippen molar-refractivity contribution >= 4 is 5.57 Å². The van der Waals surface area contributed by atoms with E-state index >= 15 is 0 Å². The minimum absolute atomic E-state index is 0.0371. The van der Waals surface area contributed by atoms with Crippen LogP contribution >= 0.6 is 0 Å². The summed E-state index contributed by atoms with van der Waals surface area (Å²) in [5.41, 5.74) is 6.58. The first kappa shape index (κ1) is 11.9. The SMILES string of the molecule is C=C/C=C1\C(=C)C(C)(C)c2cc(CC)ccc21. The normalized spacial score (nSPS) is 19.5. The van der Waals surface area contributed by atoms with E-state index in [1.807, 2.05) is 6.08 Å². The summed E-state index contributed by atoms with van der Waals surface area (Å²) < 4.78 is 0. The molecule has 0 saturated carbocycles. The summed E-state index contributed by atoms with van der Waals surface area (Å²) in [7, 11) is 0. The minimum Gasteiger partial charge on any atom is -0.0990 e.